The predicted octanol–water partition coefficient (Wildman–Crippen LogP) is 1.00. The van der Waals surface area contributed by atoms with Gasteiger partial charge in [0.1, 0.15) is 12.1 Å². The normalized spacial score (nSPS) is 27.2. The molecular formula is C13H21NO4. The van der Waals surface area contributed by atoms with Crippen LogP contribution in [0.4, 0.5) is 0 Å². The minimum atomic E-state index is -1.01. The first-order valence-electron chi connectivity index (χ1n) is 6.82. The highest BCUT2D eigenvalue weighted by molar-refractivity contribution is 5.87. The fourth-order valence-corrected chi connectivity index (χ4v) is 3.11. The lowest BCUT2D eigenvalue weighted by molar-refractivity contribution is -0.154. The van der Waals surface area contributed by atoms with Crippen LogP contribution in [0.5, 0.6) is 0 Å². The monoisotopic (exact) mass is 255 g/mol. The number of carbonyl (C=O) groups excluding carboxylic acids is 1. The SMILES string of the molecule is O=C(O)[C@H]1CCCN1C(=O)C(O)C1CCCCC1. The molecule has 1 unspecified atom stereocenters. The number of hydrogen-bond acceptors (Lipinski definition) is 3. The van der Waals surface area contributed by atoms with Crippen LogP contribution in [0, 0.1) is 5.92 Å². The van der Waals surface area contributed by atoms with Gasteiger partial charge in [-0.25, -0.2) is 4.79 Å². The van der Waals surface area contributed by atoms with E-state index in [-0.39, 0.29) is 11.8 Å². The van der Waals surface area contributed by atoms with Gasteiger partial charge >= 0.3 is 5.97 Å². The van der Waals surface area contributed by atoms with Crippen molar-refractivity contribution < 1.29 is 19.8 Å². The molecule has 1 saturated carbocycles. The van der Waals surface area contributed by atoms with Crippen LogP contribution in [0.1, 0.15) is 44.9 Å². The number of aliphatic hydroxyl groups is 1. The molecule has 1 aliphatic carbocycles. The van der Waals surface area contributed by atoms with Gasteiger partial charge in [-0.3, -0.25) is 4.79 Å². The second-order valence-electron chi connectivity index (χ2n) is 5.37. The van der Waals surface area contributed by atoms with Crippen molar-refractivity contribution in [2.45, 2.75) is 57.1 Å². The molecule has 2 aliphatic rings. The van der Waals surface area contributed by atoms with E-state index < -0.39 is 18.1 Å². The second-order valence-corrected chi connectivity index (χ2v) is 5.37. The lowest BCUT2D eigenvalue weighted by Crippen LogP contribution is -2.47. The topological polar surface area (TPSA) is 77.8 Å². The molecule has 0 radical (unpaired) electrons. The van der Waals surface area contributed by atoms with Crippen LogP contribution < -0.4 is 0 Å². The standard InChI is InChI=1S/C13H21NO4/c15-11(9-5-2-1-3-6-9)12(16)14-8-4-7-10(14)13(17)18/h9-11,15H,1-8H2,(H,17,18)/t10-,11?/m1/s1. The van der Waals surface area contributed by atoms with Crippen molar-refractivity contribution in [3.63, 3.8) is 0 Å². The molecule has 1 aliphatic heterocycles. The van der Waals surface area contributed by atoms with Crippen molar-refractivity contribution in [2.75, 3.05) is 6.54 Å². The number of carboxylic acid groups (broad SMARTS) is 1. The molecule has 0 aromatic carbocycles. The summed E-state index contributed by atoms with van der Waals surface area (Å²) in [5.74, 6) is -1.33. The molecule has 1 heterocycles. The van der Waals surface area contributed by atoms with E-state index in [1.165, 1.54) is 11.3 Å². The molecule has 0 bridgehead atoms. The maximum Gasteiger partial charge on any atom is 0.326 e. The summed E-state index contributed by atoms with van der Waals surface area (Å²) < 4.78 is 0. The third-order valence-electron chi connectivity index (χ3n) is 4.17. The van der Waals surface area contributed by atoms with Crippen LogP contribution >= 0.6 is 0 Å². The molecule has 0 aromatic heterocycles. The summed E-state index contributed by atoms with van der Waals surface area (Å²) in [4.78, 5) is 24.6. The lowest BCUT2D eigenvalue weighted by Gasteiger charge is -2.30. The zero-order chi connectivity index (χ0) is 13.1. The second kappa shape index (κ2) is 5.69. The van der Waals surface area contributed by atoms with Gasteiger partial charge in [-0.2, -0.15) is 0 Å². The van der Waals surface area contributed by atoms with E-state index in [1.54, 1.807) is 0 Å². The van der Waals surface area contributed by atoms with Crippen molar-refractivity contribution in [3.05, 3.63) is 0 Å². The van der Waals surface area contributed by atoms with Gasteiger partial charge in [-0.05, 0) is 31.6 Å². The zero-order valence-electron chi connectivity index (χ0n) is 10.5. The van der Waals surface area contributed by atoms with Crippen molar-refractivity contribution in [2.24, 2.45) is 5.92 Å². The molecule has 18 heavy (non-hydrogen) atoms. The Morgan fingerprint density at radius 2 is 1.72 bits per heavy atom. The number of aliphatic carboxylic acids is 1. The first-order chi connectivity index (χ1) is 8.61. The van der Waals surface area contributed by atoms with Crippen LogP contribution in [0.25, 0.3) is 0 Å². The van der Waals surface area contributed by atoms with E-state index in [9.17, 15) is 14.7 Å². The molecular weight excluding hydrogens is 234 g/mol. The average Bonchev–Trinajstić information content (AvgIpc) is 2.87. The smallest absolute Gasteiger partial charge is 0.326 e. The van der Waals surface area contributed by atoms with Crippen LogP contribution in [0.3, 0.4) is 0 Å². The Morgan fingerprint density at radius 3 is 2.33 bits per heavy atom. The summed E-state index contributed by atoms with van der Waals surface area (Å²) in [6.45, 7) is 0.458. The average molecular weight is 255 g/mol. The summed E-state index contributed by atoms with van der Waals surface area (Å²) in [5.41, 5.74) is 0. The van der Waals surface area contributed by atoms with E-state index in [1.807, 2.05) is 0 Å². The maximum absolute atomic E-state index is 12.2. The maximum atomic E-state index is 12.2. The van der Waals surface area contributed by atoms with Gasteiger partial charge in [-0.15, -0.1) is 0 Å². The Balaban J connectivity index is 1.99. The summed E-state index contributed by atoms with van der Waals surface area (Å²) >= 11 is 0. The van der Waals surface area contributed by atoms with Crippen molar-refractivity contribution in [3.8, 4) is 0 Å². The number of amides is 1. The molecule has 5 heteroatoms. The molecule has 2 N–H and O–H groups in total. The Bertz CT molecular complexity index is 325. The first-order valence-corrected chi connectivity index (χ1v) is 6.82. The van der Waals surface area contributed by atoms with Gasteiger partial charge in [0, 0.05) is 6.54 Å². The minimum absolute atomic E-state index is 0.0151. The minimum Gasteiger partial charge on any atom is -0.480 e. The molecule has 1 saturated heterocycles. The number of hydrogen-bond donors (Lipinski definition) is 2. The Labute approximate surface area is 107 Å². The summed E-state index contributed by atoms with van der Waals surface area (Å²) in [6.07, 6.45) is 5.22. The number of carboxylic acids is 1. The Hall–Kier alpha value is -1.10. The molecule has 5 nitrogen and oxygen atoms in total. The van der Waals surface area contributed by atoms with E-state index in [0.717, 1.165) is 25.7 Å². The fourth-order valence-electron chi connectivity index (χ4n) is 3.11. The van der Waals surface area contributed by atoms with Crippen molar-refractivity contribution in [1.82, 2.24) is 4.90 Å². The number of aliphatic hydroxyl groups excluding tert-OH is 1. The molecule has 2 rings (SSSR count). The molecule has 102 valence electrons. The van der Waals surface area contributed by atoms with Crippen LogP contribution in [-0.4, -0.2) is 45.7 Å². The van der Waals surface area contributed by atoms with E-state index >= 15 is 0 Å². The highest BCUT2D eigenvalue weighted by Gasteiger charge is 2.39. The third kappa shape index (κ3) is 2.66. The zero-order valence-corrected chi connectivity index (χ0v) is 10.5. The molecule has 2 fully saturated rings. The summed E-state index contributed by atoms with van der Waals surface area (Å²) in [6, 6.07) is -0.740. The van der Waals surface area contributed by atoms with Crippen LogP contribution in [-0.2, 0) is 9.59 Å². The van der Waals surface area contributed by atoms with Gasteiger partial charge < -0.3 is 15.1 Å². The predicted molar refractivity (Wildman–Crippen MR) is 65.0 cm³/mol. The molecule has 2 atom stereocenters. The van der Waals surface area contributed by atoms with Crippen molar-refractivity contribution >= 4 is 11.9 Å². The first kappa shape index (κ1) is 13.3. The van der Waals surface area contributed by atoms with Crippen molar-refractivity contribution in [1.29, 1.82) is 0 Å². The molecule has 0 spiro atoms. The quantitative estimate of drug-likeness (QED) is 0.788. The molecule has 0 aromatic rings. The Kier molecular flexibility index (Phi) is 4.22. The lowest BCUT2D eigenvalue weighted by atomic mass is 9.85. The largest absolute Gasteiger partial charge is 0.480 e. The number of carbonyl (C=O) groups is 2. The number of likely N-dealkylation sites (tertiary alicyclic amines) is 1. The molecule has 1 amide bonds. The van der Waals surface area contributed by atoms with E-state index in [2.05, 4.69) is 0 Å². The van der Waals surface area contributed by atoms with Gasteiger partial charge in [0.25, 0.3) is 5.91 Å². The van der Waals surface area contributed by atoms with Crippen LogP contribution in [0.2, 0.25) is 0 Å². The van der Waals surface area contributed by atoms with Gasteiger partial charge in [0.2, 0.25) is 0 Å². The van der Waals surface area contributed by atoms with Gasteiger partial charge in [0.05, 0.1) is 0 Å². The Morgan fingerprint density at radius 1 is 1.06 bits per heavy atom. The van der Waals surface area contributed by atoms with Crippen LogP contribution in [0.15, 0.2) is 0 Å². The van der Waals surface area contributed by atoms with Gasteiger partial charge in [0.15, 0.2) is 0 Å². The summed E-state index contributed by atoms with van der Waals surface area (Å²) in [7, 11) is 0. The number of rotatable bonds is 3. The highest BCUT2D eigenvalue weighted by Crippen LogP contribution is 2.29. The highest BCUT2D eigenvalue weighted by atomic mass is 16.4. The number of nitrogens with zero attached hydrogens (tertiary/aromatic N) is 1. The summed E-state index contributed by atoms with van der Waals surface area (Å²) in [5, 5.41) is 19.2. The van der Waals surface area contributed by atoms with E-state index in [0.29, 0.717) is 19.4 Å². The van der Waals surface area contributed by atoms with E-state index in [4.69, 9.17) is 5.11 Å². The fraction of sp³-hybridized carbons (Fsp3) is 0.846. The van der Waals surface area contributed by atoms with Gasteiger partial charge in [-0.1, -0.05) is 19.3 Å². The third-order valence-corrected chi connectivity index (χ3v) is 4.17.